The van der Waals surface area contributed by atoms with E-state index in [1.807, 2.05) is 0 Å². The summed E-state index contributed by atoms with van der Waals surface area (Å²) in [4.78, 5) is 16.8. The minimum Gasteiger partial charge on any atom is -0.486 e. The van der Waals surface area contributed by atoms with Crippen molar-refractivity contribution >= 4 is 38.7 Å². The quantitative estimate of drug-likeness (QED) is 0.494. The average molecular weight is 452 g/mol. The molecule has 0 aliphatic carbocycles. The molecule has 0 N–H and O–H groups in total. The van der Waals surface area contributed by atoms with Gasteiger partial charge in [0, 0.05) is 16.7 Å². The van der Waals surface area contributed by atoms with Crippen molar-refractivity contribution in [2.24, 2.45) is 0 Å². The Balaban J connectivity index is 1.59. The lowest BCUT2D eigenvalue weighted by Crippen LogP contribution is -2.09. The average Bonchev–Trinajstić information content (AvgIpc) is 3.13. The zero-order valence-corrected chi connectivity index (χ0v) is 18.1. The molecule has 3 aromatic rings. The van der Waals surface area contributed by atoms with Gasteiger partial charge in [0.15, 0.2) is 9.84 Å². The molecule has 0 aliphatic rings. The van der Waals surface area contributed by atoms with Gasteiger partial charge in [-0.25, -0.2) is 18.2 Å². The number of nitrogens with zero attached hydrogens (tertiary/aromatic N) is 1. The normalized spacial score (nSPS) is 11.3. The third-order valence-corrected chi connectivity index (χ3v) is 6.22. The number of aromatic nitrogens is 1. The van der Waals surface area contributed by atoms with Gasteiger partial charge in [0.2, 0.25) is 0 Å². The largest absolute Gasteiger partial charge is 0.486 e. The van der Waals surface area contributed by atoms with Crippen molar-refractivity contribution in [3.05, 3.63) is 74.7 Å². The van der Waals surface area contributed by atoms with Gasteiger partial charge < -0.3 is 9.47 Å². The molecular formula is C20H18ClNO5S2. The molecule has 0 unspecified atom stereocenters. The zero-order chi connectivity index (χ0) is 21.0. The highest BCUT2D eigenvalue weighted by atomic mass is 35.5. The summed E-state index contributed by atoms with van der Waals surface area (Å²) in [6.45, 7) is 1.99. The van der Waals surface area contributed by atoms with E-state index in [0.29, 0.717) is 22.0 Å². The first-order valence-electron chi connectivity index (χ1n) is 8.52. The van der Waals surface area contributed by atoms with Crippen molar-refractivity contribution in [2.45, 2.75) is 25.0 Å². The van der Waals surface area contributed by atoms with Gasteiger partial charge in [0.1, 0.15) is 24.0 Å². The molecule has 29 heavy (non-hydrogen) atoms. The number of ether oxygens (including phenoxy) is 2. The van der Waals surface area contributed by atoms with E-state index < -0.39 is 15.8 Å². The molecule has 2 aromatic carbocycles. The molecule has 0 spiro atoms. The number of aryl methyl sites for hydroxylation is 1. The number of carbonyl (C=O) groups excluding carboxylic acids is 1. The minimum atomic E-state index is -3.41. The predicted molar refractivity (Wildman–Crippen MR) is 111 cm³/mol. The van der Waals surface area contributed by atoms with Crippen LogP contribution >= 0.6 is 22.9 Å². The summed E-state index contributed by atoms with van der Waals surface area (Å²) < 4.78 is 34.4. The van der Waals surface area contributed by atoms with Crippen molar-refractivity contribution in [1.29, 1.82) is 0 Å². The monoisotopic (exact) mass is 451 g/mol. The molecule has 9 heteroatoms. The van der Waals surface area contributed by atoms with Gasteiger partial charge in [-0.3, -0.25) is 0 Å². The molecule has 152 valence electrons. The number of sulfone groups is 1. The van der Waals surface area contributed by atoms with E-state index >= 15 is 0 Å². The van der Waals surface area contributed by atoms with Crippen LogP contribution in [0.5, 0.6) is 5.75 Å². The second-order valence-electron chi connectivity index (χ2n) is 6.30. The summed E-state index contributed by atoms with van der Waals surface area (Å²) in [5.41, 5.74) is 1.45. The molecule has 3 rings (SSSR count). The molecule has 6 nitrogen and oxygen atoms in total. The number of hydrogen-bond donors (Lipinski definition) is 0. The fraction of sp³-hybridized carbons (Fsp3) is 0.200. The van der Waals surface area contributed by atoms with Crippen molar-refractivity contribution in [2.75, 3.05) is 6.26 Å². The van der Waals surface area contributed by atoms with Gasteiger partial charge in [-0.2, -0.15) is 0 Å². The van der Waals surface area contributed by atoms with Crippen LogP contribution in [0.3, 0.4) is 0 Å². The number of thiazole rings is 1. The van der Waals surface area contributed by atoms with Crippen LogP contribution in [0.25, 0.3) is 0 Å². The molecule has 0 amide bonds. The number of esters is 1. The molecule has 0 radical (unpaired) electrons. The first kappa shape index (κ1) is 21.3. The predicted octanol–water partition coefficient (Wildman–Crippen LogP) is 4.44. The lowest BCUT2D eigenvalue weighted by molar-refractivity contribution is 0.0467. The van der Waals surface area contributed by atoms with E-state index in [9.17, 15) is 13.2 Å². The SMILES string of the molecule is Cc1ccc(S(C)(=O)=O)cc1C(=O)OCc1csc(COc2ccc(Cl)cc2)n1. The van der Waals surface area contributed by atoms with Gasteiger partial charge in [0.25, 0.3) is 0 Å². The van der Waals surface area contributed by atoms with Crippen LogP contribution < -0.4 is 4.74 Å². The number of hydrogen-bond acceptors (Lipinski definition) is 7. The Hall–Kier alpha value is -2.42. The molecular weight excluding hydrogens is 434 g/mol. The van der Waals surface area contributed by atoms with Crippen LogP contribution in [-0.2, 0) is 27.8 Å². The van der Waals surface area contributed by atoms with Gasteiger partial charge >= 0.3 is 5.97 Å². The fourth-order valence-electron chi connectivity index (χ4n) is 2.43. The molecule has 0 aliphatic heterocycles. The van der Waals surface area contributed by atoms with Crippen molar-refractivity contribution in [1.82, 2.24) is 4.98 Å². The Kier molecular flexibility index (Phi) is 6.56. The van der Waals surface area contributed by atoms with Gasteiger partial charge in [0.05, 0.1) is 16.2 Å². The number of carbonyl (C=O) groups is 1. The van der Waals surface area contributed by atoms with E-state index in [-0.39, 0.29) is 23.7 Å². The van der Waals surface area contributed by atoms with Crippen molar-refractivity contribution in [3.8, 4) is 5.75 Å². The molecule has 0 bridgehead atoms. The first-order valence-corrected chi connectivity index (χ1v) is 11.7. The lowest BCUT2D eigenvalue weighted by atomic mass is 10.1. The maximum atomic E-state index is 12.4. The highest BCUT2D eigenvalue weighted by molar-refractivity contribution is 7.90. The van der Waals surface area contributed by atoms with Crippen molar-refractivity contribution < 1.29 is 22.7 Å². The van der Waals surface area contributed by atoms with E-state index in [1.54, 1.807) is 42.6 Å². The molecule has 0 saturated heterocycles. The molecule has 0 atom stereocenters. The van der Waals surface area contributed by atoms with Crippen molar-refractivity contribution in [3.63, 3.8) is 0 Å². The van der Waals surface area contributed by atoms with Crippen LogP contribution in [0.15, 0.2) is 52.7 Å². The fourth-order valence-corrected chi connectivity index (χ4v) is 3.89. The van der Waals surface area contributed by atoms with Gasteiger partial charge in [-0.05, 0) is 48.9 Å². The Morgan fingerprint density at radius 2 is 1.86 bits per heavy atom. The Morgan fingerprint density at radius 1 is 1.14 bits per heavy atom. The van der Waals surface area contributed by atoms with E-state index in [4.69, 9.17) is 21.1 Å². The van der Waals surface area contributed by atoms with E-state index in [1.165, 1.54) is 23.5 Å². The summed E-state index contributed by atoms with van der Waals surface area (Å²) >= 11 is 7.24. The van der Waals surface area contributed by atoms with Crippen LogP contribution in [0.4, 0.5) is 0 Å². The standard InChI is InChI=1S/C20H18ClNO5S2/c1-13-3-8-17(29(2,24)25)9-18(13)20(23)27-10-15-12-28-19(22-15)11-26-16-6-4-14(21)5-7-16/h3-9,12H,10-11H2,1-2H3. The second kappa shape index (κ2) is 8.94. The third-order valence-electron chi connectivity index (χ3n) is 3.98. The maximum Gasteiger partial charge on any atom is 0.338 e. The van der Waals surface area contributed by atoms with E-state index in [0.717, 1.165) is 11.3 Å². The van der Waals surface area contributed by atoms with Crippen LogP contribution in [0.1, 0.15) is 26.6 Å². The lowest BCUT2D eigenvalue weighted by Gasteiger charge is -2.08. The third kappa shape index (κ3) is 5.79. The molecule has 0 saturated carbocycles. The second-order valence-corrected chi connectivity index (χ2v) is 9.70. The number of rotatable bonds is 7. The molecule has 1 heterocycles. The smallest absolute Gasteiger partial charge is 0.338 e. The summed E-state index contributed by atoms with van der Waals surface area (Å²) in [6.07, 6.45) is 1.09. The van der Waals surface area contributed by atoms with Crippen LogP contribution in [0.2, 0.25) is 5.02 Å². The van der Waals surface area contributed by atoms with Gasteiger partial charge in [-0.15, -0.1) is 11.3 Å². The zero-order valence-electron chi connectivity index (χ0n) is 15.7. The van der Waals surface area contributed by atoms with E-state index in [2.05, 4.69) is 4.98 Å². The molecule has 1 aromatic heterocycles. The summed E-state index contributed by atoms with van der Waals surface area (Å²) in [5, 5.41) is 3.16. The first-order chi connectivity index (χ1) is 13.7. The number of benzene rings is 2. The Labute approximate surface area is 178 Å². The minimum absolute atomic E-state index is 0.0151. The topological polar surface area (TPSA) is 82.6 Å². The Bertz CT molecular complexity index is 1120. The number of halogens is 1. The van der Waals surface area contributed by atoms with Crippen LogP contribution in [0, 0.1) is 6.92 Å². The molecule has 0 fully saturated rings. The Morgan fingerprint density at radius 3 is 2.55 bits per heavy atom. The van der Waals surface area contributed by atoms with Gasteiger partial charge in [-0.1, -0.05) is 17.7 Å². The highest BCUT2D eigenvalue weighted by Gasteiger charge is 2.16. The summed E-state index contributed by atoms with van der Waals surface area (Å²) in [6, 6.07) is 11.4. The summed E-state index contributed by atoms with van der Waals surface area (Å²) in [7, 11) is -3.41. The van der Waals surface area contributed by atoms with Crippen LogP contribution in [-0.4, -0.2) is 25.6 Å². The highest BCUT2D eigenvalue weighted by Crippen LogP contribution is 2.20. The summed E-state index contributed by atoms with van der Waals surface area (Å²) in [5.74, 6) is 0.0822. The maximum absolute atomic E-state index is 12.4.